The molecule has 2 unspecified atom stereocenters. The number of benzene rings is 2. The summed E-state index contributed by atoms with van der Waals surface area (Å²) in [6.45, 7) is 4.65. The largest absolute Gasteiger partial charge is 0.490 e. The Labute approximate surface area is 343 Å². The van der Waals surface area contributed by atoms with Crippen LogP contribution < -0.4 is 21.1 Å². The number of imidazole rings is 1. The summed E-state index contributed by atoms with van der Waals surface area (Å²) in [5.41, 5.74) is 10.2. The molecule has 340 valence electrons. The Balaban J connectivity index is 0.000000333. The highest BCUT2D eigenvalue weighted by Gasteiger charge is 2.44. The first-order valence-electron chi connectivity index (χ1n) is 18.4. The number of alkyl halides is 9. The van der Waals surface area contributed by atoms with Crippen LogP contribution in [0.2, 0.25) is 0 Å². The van der Waals surface area contributed by atoms with Crippen molar-refractivity contribution in [2.75, 3.05) is 31.1 Å². The standard InChI is InChI=1S/C31H36FN7O2.3C2HF3O2/c32-22-6-8-26(23(14-22)28(33)21-3-1-2-4-21)41-27-15-34-19-35-29(27)39-12-10-31(18-39)9-11-38(17-31)16-20-5-7-24-25(13-20)37-30(40)36-24;3*3-2(4,5)1(6)7/h5-8,13-15,19,21,28H,1-4,9-12,16-18,33H2,(H2,36,37,40);3*(H,6,7). The third-order valence-corrected chi connectivity index (χ3v) is 10.1. The molecular formula is C37H39F10N7O8. The van der Waals surface area contributed by atoms with Gasteiger partial charge in [0.05, 0.1) is 17.2 Å². The number of hydrogen-bond donors (Lipinski definition) is 6. The average Bonchev–Trinajstić information content (AvgIpc) is 4.00. The Morgan fingerprint density at radius 1 is 0.823 bits per heavy atom. The molecule has 1 spiro atoms. The van der Waals surface area contributed by atoms with Crippen molar-refractivity contribution >= 4 is 34.8 Å². The fourth-order valence-corrected chi connectivity index (χ4v) is 7.23. The molecule has 1 saturated carbocycles. The van der Waals surface area contributed by atoms with Crippen molar-refractivity contribution in [3.8, 4) is 11.5 Å². The number of ether oxygens (including phenoxy) is 1. The van der Waals surface area contributed by atoms with Gasteiger partial charge in [0.1, 0.15) is 17.9 Å². The summed E-state index contributed by atoms with van der Waals surface area (Å²) >= 11 is 0. The van der Waals surface area contributed by atoms with E-state index in [1.54, 1.807) is 18.6 Å². The van der Waals surface area contributed by atoms with Crippen LogP contribution in [0.3, 0.4) is 0 Å². The van der Waals surface area contributed by atoms with Crippen LogP contribution in [0, 0.1) is 17.2 Å². The Kier molecular flexibility index (Phi) is 15.6. The second-order valence-electron chi connectivity index (χ2n) is 14.6. The number of nitrogens with two attached hydrogens (primary N) is 1. The van der Waals surface area contributed by atoms with Crippen LogP contribution in [0.25, 0.3) is 11.0 Å². The van der Waals surface area contributed by atoms with Crippen molar-refractivity contribution in [3.05, 3.63) is 76.4 Å². The van der Waals surface area contributed by atoms with E-state index in [9.17, 15) is 48.7 Å². The molecular weight excluding hydrogens is 860 g/mol. The SMILES string of the molecule is NC(c1cc(F)ccc1Oc1cncnc1N1CCC2(CCN(Cc3ccc4[nH]c(=O)[nH]c4c3)C2)C1)C1CCCC1.O=C(O)C(F)(F)F.O=C(O)C(F)(F)F.O=C(O)C(F)(F)F. The van der Waals surface area contributed by atoms with E-state index in [1.165, 1.54) is 17.7 Å². The molecule has 2 atom stereocenters. The van der Waals surface area contributed by atoms with Crippen LogP contribution in [0.4, 0.5) is 49.7 Å². The minimum atomic E-state index is -5.08. The zero-order valence-corrected chi connectivity index (χ0v) is 32.1. The highest BCUT2D eigenvalue weighted by Crippen LogP contribution is 2.44. The van der Waals surface area contributed by atoms with Crippen molar-refractivity contribution in [1.82, 2.24) is 24.8 Å². The van der Waals surface area contributed by atoms with Gasteiger partial charge in [-0.05, 0) is 74.0 Å². The molecule has 0 amide bonds. The number of aromatic amines is 2. The lowest BCUT2D eigenvalue weighted by Crippen LogP contribution is -2.31. The van der Waals surface area contributed by atoms with E-state index in [-0.39, 0.29) is 23.0 Å². The third-order valence-electron chi connectivity index (χ3n) is 10.1. The highest BCUT2D eigenvalue weighted by atomic mass is 19.4. The number of fused-ring (bicyclic) bond motifs is 1. The zero-order valence-electron chi connectivity index (χ0n) is 32.1. The Hall–Kier alpha value is -5.98. The summed E-state index contributed by atoms with van der Waals surface area (Å²) in [7, 11) is 0. The summed E-state index contributed by atoms with van der Waals surface area (Å²) in [5.74, 6) is -6.34. The molecule has 0 radical (unpaired) electrons. The molecule has 3 fully saturated rings. The average molecular weight is 900 g/mol. The summed E-state index contributed by atoms with van der Waals surface area (Å²) in [6, 6.07) is 10.5. The molecule has 3 aliphatic rings. The number of rotatable bonds is 7. The first-order chi connectivity index (χ1) is 28.8. The van der Waals surface area contributed by atoms with Crippen molar-refractivity contribution in [3.63, 3.8) is 0 Å². The van der Waals surface area contributed by atoms with Crippen molar-refractivity contribution in [2.45, 2.75) is 69.6 Å². The van der Waals surface area contributed by atoms with E-state index >= 15 is 0 Å². The van der Waals surface area contributed by atoms with Crippen LogP contribution in [0.5, 0.6) is 11.5 Å². The molecule has 2 aliphatic heterocycles. The third kappa shape index (κ3) is 13.5. The Morgan fingerprint density at radius 2 is 1.39 bits per heavy atom. The van der Waals surface area contributed by atoms with Crippen LogP contribution in [-0.4, -0.2) is 103 Å². The number of likely N-dealkylation sites (tertiary alicyclic amines) is 1. The van der Waals surface area contributed by atoms with Crippen molar-refractivity contribution < 1.29 is 78.3 Å². The minimum absolute atomic E-state index is 0.177. The minimum Gasteiger partial charge on any atom is -0.475 e. The molecule has 1 aliphatic carbocycles. The zero-order chi connectivity index (χ0) is 46.2. The lowest BCUT2D eigenvalue weighted by molar-refractivity contribution is -0.193. The smallest absolute Gasteiger partial charge is 0.475 e. The van der Waals surface area contributed by atoms with Gasteiger partial charge in [0.15, 0.2) is 11.6 Å². The van der Waals surface area contributed by atoms with E-state index in [0.717, 1.165) is 88.1 Å². The first kappa shape index (κ1) is 48.7. The lowest BCUT2D eigenvalue weighted by atomic mass is 9.86. The van der Waals surface area contributed by atoms with Gasteiger partial charge < -0.3 is 40.7 Å². The topological polar surface area (TPSA) is 228 Å². The molecule has 2 aromatic carbocycles. The van der Waals surface area contributed by atoms with Gasteiger partial charge in [-0.3, -0.25) is 4.90 Å². The second kappa shape index (κ2) is 19.8. The van der Waals surface area contributed by atoms with Gasteiger partial charge in [-0.1, -0.05) is 18.9 Å². The van der Waals surface area contributed by atoms with E-state index < -0.39 is 36.4 Å². The number of halogens is 10. The number of nitrogens with zero attached hydrogens (tertiary/aromatic N) is 4. The fraction of sp³-hybridized carbons (Fsp3) is 0.459. The lowest BCUT2D eigenvalue weighted by Gasteiger charge is -2.26. The molecule has 0 bridgehead atoms. The number of hydrogen-bond acceptors (Lipinski definition) is 10. The van der Waals surface area contributed by atoms with Crippen LogP contribution in [0.15, 0.2) is 53.7 Å². The van der Waals surface area contributed by atoms with Gasteiger partial charge in [0.25, 0.3) is 0 Å². The summed E-state index contributed by atoms with van der Waals surface area (Å²) < 4.78 is 116. The van der Waals surface area contributed by atoms with Gasteiger partial charge in [-0.15, -0.1) is 0 Å². The number of aliphatic carboxylic acids is 3. The summed E-state index contributed by atoms with van der Waals surface area (Å²) in [4.78, 5) is 57.7. The van der Waals surface area contributed by atoms with Crippen LogP contribution >= 0.6 is 0 Å². The number of aromatic nitrogens is 4. The molecule has 62 heavy (non-hydrogen) atoms. The summed E-state index contributed by atoms with van der Waals surface area (Å²) in [6.07, 6.45) is -5.35. The molecule has 7 rings (SSSR count). The Bertz CT molecular complexity index is 2190. The summed E-state index contributed by atoms with van der Waals surface area (Å²) in [5, 5.41) is 21.4. The van der Waals surface area contributed by atoms with Crippen LogP contribution in [0.1, 0.15) is 55.7 Å². The molecule has 4 heterocycles. The monoisotopic (exact) mass is 899 g/mol. The Morgan fingerprint density at radius 3 is 1.97 bits per heavy atom. The number of nitrogens with one attached hydrogen (secondary N) is 2. The molecule has 2 aromatic heterocycles. The number of carbonyl (C=O) groups is 3. The van der Waals surface area contributed by atoms with Gasteiger partial charge >= 0.3 is 42.1 Å². The second-order valence-corrected chi connectivity index (χ2v) is 14.6. The van der Waals surface area contributed by atoms with Crippen molar-refractivity contribution in [1.29, 1.82) is 0 Å². The number of carboxylic acid groups (broad SMARTS) is 3. The van der Waals surface area contributed by atoms with Crippen LogP contribution in [-0.2, 0) is 20.9 Å². The molecule has 2 saturated heterocycles. The quantitative estimate of drug-likeness (QED) is 0.105. The maximum atomic E-state index is 14.3. The predicted molar refractivity (Wildman–Crippen MR) is 197 cm³/mol. The maximum absolute atomic E-state index is 14.3. The molecule has 4 aromatic rings. The number of carboxylic acids is 3. The number of H-pyrrole nitrogens is 2. The first-order valence-corrected chi connectivity index (χ1v) is 18.4. The fourth-order valence-electron chi connectivity index (χ4n) is 7.23. The highest BCUT2D eigenvalue weighted by molar-refractivity contribution is 5.75. The van der Waals surface area contributed by atoms with Gasteiger partial charge in [0, 0.05) is 43.2 Å². The van der Waals surface area contributed by atoms with Gasteiger partial charge in [-0.2, -0.15) is 39.5 Å². The normalized spacial score (nSPS) is 18.6. The molecule has 25 heteroatoms. The number of anilines is 1. The van der Waals surface area contributed by atoms with E-state index in [2.05, 4.69) is 41.9 Å². The molecule has 7 N–H and O–H groups in total. The van der Waals surface area contributed by atoms with Crippen molar-refractivity contribution in [2.24, 2.45) is 17.1 Å². The van der Waals surface area contributed by atoms with E-state index in [4.69, 9.17) is 40.2 Å². The van der Waals surface area contributed by atoms with Gasteiger partial charge in [0.2, 0.25) is 0 Å². The molecule has 15 nitrogen and oxygen atoms in total. The predicted octanol–water partition coefficient (Wildman–Crippen LogP) is 6.77. The van der Waals surface area contributed by atoms with Gasteiger partial charge in [-0.25, -0.2) is 33.5 Å². The maximum Gasteiger partial charge on any atom is 0.490 e. The van der Waals surface area contributed by atoms with E-state index in [1.807, 2.05) is 6.07 Å². The van der Waals surface area contributed by atoms with E-state index in [0.29, 0.717) is 23.0 Å².